The van der Waals surface area contributed by atoms with Crippen molar-refractivity contribution in [1.29, 1.82) is 0 Å². The van der Waals surface area contributed by atoms with Crippen LogP contribution in [0.3, 0.4) is 0 Å². The Kier molecular flexibility index (Phi) is 6.99. The lowest BCUT2D eigenvalue weighted by Crippen LogP contribution is -2.37. The quantitative estimate of drug-likeness (QED) is 0.396. The van der Waals surface area contributed by atoms with Crippen LogP contribution in [0.4, 0.5) is 17.3 Å². The molecule has 0 unspecified atom stereocenters. The van der Waals surface area contributed by atoms with Crippen LogP contribution in [0.15, 0.2) is 30.6 Å². The third kappa shape index (κ3) is 5.54. The largest absolute Gasteiger partial charge is 0.393 e. The van der Waals surface area contributed by atoms with E-state index in [1.165, 1.54) is 6.33 Å². The fourth-order valence-electron chi connectivity index (χ4n) is 2.86. The van der Waals surface area contributed by atoms with Gasteiger partial charge in [0.25, 0.3) is 5.91 Å². The zero-order valence-corrected chi connectivity index (χ0v) is 16.1. The fraction of sp³-hybridized carbons (Fsp3) is 0.421. The zero-order valence-electron chi connectivity index (χ0n) is 16.1. The molecule has 0 atom stereocenters. The maximum absolute atomic E-state index is 12.2. The van der Waals surface area contributed by atoms with E-state index in [2.05, 4.69) is 31.0 Å². The number of carbonyl (C=O) groups is 1. The number of nitrogens with two attached hydrogens (primary N) is 1. The smallest absolute Gasteiger partial charge is 0.269 e. The van der Waals surface area contributed by atoms with E-state index in [0.717, 1.165) is 51.4 Å². The molecule has 0 radical (unpaired) electrons. The molecule has 2 heterocycles. The highest BCUT2D eigenvalue weighted by Crippen LogP contribution is 2.21. The standard InChI is InChI=1S/C19H27N7O2/c1-14-3-5-15(6-4-14)19(27)25-24-18-16(20)17(22-13-23-18)21-7-2-8-26-9-11-28-12-10-26/h3-6,13H,2,7-12,20H2,1H3,(H,25,27)(H2,21,22,23,24). The van der Waals surface area contributed by atoms with Gasteiger partial charge >= 0.3 is 0 Å². The number of nitrogens with one attached hydrogen (secondary N) is 3. The van der Waals surface area contributed by atoms with Crippen molar-refractivity contribution in [2.45, 2.75) is 13.3 Å². The lowest BCUT2D eigenvalue weighted by Gasteiger charge is -2.26. The number of nitrogens with zero attached hydrogens (tertiary/aromatic N) is 3. The molecule has 5 N–H and O–H groups in total. The first kappa shape index (κ1) is 19.8. The Hall–Kier alpha value is -2.91. The van der Waals surface area contributed by atoms with Gasteiger partial charge in [-0.15, -0.1) is 0 Å². The van der Waals surface area contributed by atoms with Crippen molar-refractivity contribution in [3.8, 4) is 0 Å². The molecule has 0 saturated carbocycles. The monoisotopic (exact) mass is 385 g/mol. The summed E-state index contributed by atoms with van der Waals surface area (Å²) in [7, 11) is 0. The van der Waals surface area contributed by atoms with Gasteiger partial charge in [0.15, 0.2) is 11.6 Å². The van der Waals surface area contributed by atoms with Gasteiger partial charge in [-0.2, -0.15) is 0 Å². The van der Waals surface area contributed by atoms with Gasteiger partial charge < -0.3 is 15.8 Å². The third-order valence-corrected chi connectivity index (χ3v) is 4.54. The van der Waals surface area contributed by atoms with Crippen LogP contribution in [0.25, 0.3) is 0 Å². The Morgan fingerprint density at radius 2 is 1.89 bits per heavy atom. The number of aryl methyl sites for hydroxylation is 1. The first-order valence-electron chi connectivity index (χ1n) is 9.41. The maximum Gasteiger partial charge on any atom is 0.269 e. The van der Waals surface area contributed by atoms with Crippen LogP contribution in [0.2, 0.25) is 0 Å². The van der Waals surface area contributed by atoms with Crippen molar-refractivity contribution in [3.05, 3.63) is 41.7 Å². The van der Waals surface area contributed by atoms with Crippen LogP contribution >= 0.6 is 0 Å². The third-order valence-electron chi connectivity index (χ3n) is 4.54. The molecule has 0 spiro atoms. The summed E-state index contributed by atoms with van der Waals surface area (Å²) in [6.07, 6.45) is 2.37. The molecule has 1 amide bonds. The zero-order chi connectivity index (χ0) is 19.8. The summed E-state index contributed by atoms with van der Waals surface area (Å²) in [4.78, 5) is 22.9. The minimum absolute atomic E-state index is 0.266. The van der Waals surface area contributed by atoms with Crippen LogP contribution in [-0.4, -0.2) is 60.2 Å². The van der Waals surface area contributed by atoms with Crippen LogP contribution in [0.1, 0.15) is 22.3 Å². The summed E-state index contributed by atoms with van der Waals surface area (Å²) in [6, 6.07) is 7.29. The predicted molar refractivity (Wildman–Crippen MR) is 109 cm³/mol. The number of ether oxygens (including phenoxy) is 1. The highest BCUT2D eigenvalue weighted by molar-refractivity contribution is 5.95. The van der Waals surface area contributed by atoms with Gasteiger partial charge in [-0.05, 0) is 32.0 Å². The molecule has 1 aliphatic rings. The minimum atomic E-state index is -0.266. The Balaban J connectivity index is 1.48. The number of hydrazine groups is 1. The first-order chi connectivity index (χ1) is 13.6. The van der Waals surface area contributed by atoms with Gasteiger partial charge in [0.2, 0.25) is 0 Å². The van der Waals surface area contributed by atoms with Crippen LogP contribution in [0.5, 0.6) is 0 Å². The van der Waals surface area contributed by atoms with E-state index >= 15 is 0 Å². The highest BCUT2D eigenvalue weighted by Gasteiger charge is 2.11. The van der Waals surface area contributed by atoms with Crippen LogP contribution in [0, 0.1) is 6.92 Å². The first-order valence-corrected chi connectivity index (χ1v) is 9.41. The van der Waals surface area contributed by atoms with Crippen molar-refractivity contribution in [3.63, 3.8) is 0 Å². The van der Waals surface area contributed by atoms with E-state index in [1.807, 2.05) is 19.1 Å². The average Bonchev–Trinajstić information content (AvgIpc) is 2.72. The van der Waals surface area contributed by atoms with Crippen molar-refractivity contribution in [1.82, 2.24) is 20.3 Å². The van der Waals surface area contributed by atoms with Gasteiger partial charge in [0.05, 0.1) is 13.2 Å². The predicted octanol–water partition coefficient (Wildman–Crippen LogP) is 1.26. The molecule has 9 heteroatoms. The molecular formula is C19H27N7O2. The van der Waals surface area contributed by atoms with Crippen molar-refractivity contribution >= 4 is 23.2 Å². The molecule has 1 fully saturated rings. The molecule has 2 aromatic rings. The molecule has 3 rings (SSSR count). The second-order valence-corrected chi connectivity index (χ2v) is 6.66. The molecule has 28 heavy (non-hydrogen) atoms. The van der Waals surface area contributed by atoms with Crippen molar-refractivity contribution in [2.75, 3.05) is 55.9 Å². The summed E-state index contributed by atoms with van der Waals surface area (Å²) in [5.74, 6) is 0.633. The Bertz CT molecular complexity index is 776. The van der Waals surface area contributed by atoms with E-state index in [-0.39, 0.29) is 5.91 Å². The molecule has 1 saturated heterocycles. The minimum Gasteiger partial charge on any atom is -0.393 e. The van der Waals surface area contributed by atoms with Crippen molar-refractivity contribution < 1.29 is 9.53 Å². The number of amides is 1. The molecular weight excluding hydrogens is 358 g/mol. The summed E-state index contributed by atoms with van der Waals surface area (Å²) < 4.78 is 5.35. The number of carbonyl (C=O) groups excluding carboxylic acids is 1. The number of nitrogen functional groups attached to an aromatic ring is 1. The SMILES string of the molecule is Cc1ccc(C(=O)NNc2ncnc(NCCCN3CCOCC3)c2N)cc1. The number of morpholine rings is 1. The number of hydrogen-bond donors (Lipinski definition) is 4. The number of benzene rings is 1. The molecule has 0 bridgehead atoms. The number of rotatable bonds is 8. The van der Waals surface area contributed by atoms with Gasteiger partial charge in [-0.3, -0.25) is 20.5 Å². The number of anilines is 3. The second kappa shape index (κ2) is 9.86. The Morgan fingerprint density at radius 1 is 1.18 bits per heavy atom. The van der Waals surface area contributed by atoms with E-state index < -0.39 is 0 Å². The van der Waals surface area contributed by atoms with Crippen LogP contribution in [-0.2, 0) is 4.74 Å². The molecule has 1 aromatic heterocycles. The summed E-state index contributed by atoms with van der Waals surface area (Å²) in [6.45, 7) is 7.27. The van der Waals surface area contributed by atoms with Gasteiger partial charge in [-0.25, -0.2) is 9.97 Å². The molecule has 0 aliphatic carbocycles. The molecule has 1 aromatic carbocycles. The van der Waals surface area contributed by atoms with E-state index in [4.69, 9.17) is 10.5 Å². The van der Waals surface area contributed by atoms with E-state index in [9.17, 15) is 4.79 Å². The molecule has 1 aliphatic heterocycles. The number of aromatic nitrogens is 2. The van der Waals surface area contributed by atoms with Crippen molar-refractivity contribution in [2.24, 2.45) is 0 Å². The van der Waals surface area contributed by atoms with Crippen LogP contribution < -0.4 is 21.9 Å². The van der Waals surface area contributed by atoms with Gasteiger partial charge in [-0.1, -0.05) is 17.7 Å². The van der Waals surface area contributed by atoms with E-state index in [0.29, 0.717) is 22.9 Å². The lowest BCUT2D eigenvalue weighted by atomic mass is 10.1. The topological polar surface area (TPSA) is 117 Å². The lowest BCUT2D eigenvalue weighted by molar-refractivity contribution is 0.0378. The maximum atomic E-state index is 12.2. The summed E-state index contributed by atoms with van der Waals surface area (Å²) in [5, 5.41) is 3.23. The normalized spacial score (nSPS) is 14.5. The highest BCUT2D eigenvalue weighted by atomic mass is 16.5. The Labute approximate surface area is 164 Å². The number of hydrogen-bond acceptors (Lipinski definition) is 8. The Morgan fingerprint density at radius 3 is 2.64 bits per heavy atom. The second-order valence-electron chi connectivity index (χ2n) is 6.66. The molecule has 9 nitrogen and oxygen atoms in total. The summed E-state index contributed by atoms with van der Waals surface area (Å²) >= 11 is 0. The summed E-state index contributed by atoms with van der Waals surface area (Å²) in [5.41, 5.74) is 13.5. The molecule has 150 valence electrons. The fourth-order valence-corrected chi connectivity index (χ4v) is 2.86. The van der Waals surface area contributed by atoms with Gasteiger partial charge in [0.1, 0.15) is 12.0 Å². The average molecular weight is 385 g/mol. The van der Waals surface area contributed by atoms with E-state index in [1.54, 1.807) is 12.1 Å². The van der Waals surface area contributed by atoms with Gasteiger partial charge in [0, 0.05) is 25.2 Å².